The fourth-order valence-electron chi connectivity index (χ4n) is 4.93. The van der Waals surface area contributed by atoms with E-state index in [1.54, 1.807) is 28.5 Å². The van der Waals surface area contributed by atoms with Gasteiger partial charge in [-0.15, -0.1) is 0 Å². The van der Waals surface area contributed by atoms with Gasteiger partial charge in [-0.25, -0.2) is 9.37 Å². The van der Waals surface area contributed by atoms with Gasteiger partial charge in [0.1, 0.15) is 17.1 Å². The molecule has 2 N–H and O–H groups in total. The second-order valence-electron chi connectivity index (χ2n) is 9.77. The summed E-state index contributed by atoms with van der Waals surface area (Å²) in [6, 6.07) is 5.85. The number of hydrogen-bond acceptors (Lipinski definition) is 6. The molecular weight excluding hydrogens is 467 g/mol. The lowest BCUT2D eigenvalue weighted by atomic mass is 9.93. The lowest BCUT2D eigenvalue weighted by Gasteiger charge is -2.44. The van der Waals surface area contributed by atoms with Crippen LogP contribution in [0, 0.1) is 5.82 Å². The number of hydrogen-bond donors (Lipinski definition) is 2. The monoisotopic (exact) mass is 498 g/mol. The second-order valence-corrected chi connectivity index (χ2v) is 9.77. The minimum absolute atomic E-state index is 0.0556. The third kappa shape index (κ3) is 4.85. The van der Waals surface area contributed by atoms with Crippen molar-refractivity contribution in [1.82, 2.24) is 30.0 Å². The number of nitrogens with one attached hydrogen (secondary N) is 2. The smallest absolute Gasteiger partial charge is 0.274 e. The van der Waals surface area contributed by atoms with Crippen molar-refractivity contribution in [3.8, 4) is 0 Å². The van der Waals surface area contributed by atoms with E-state index >= 15 is 0 Å². The van der Waals surface area contributed by atoms with Crippen molar-refractivity contribution >= 4 is 17.7 Å². The molecule has 0 spiro atoms. The zero-order chi connectivity index (χ0) is 25.3. The van der Waals surface area contributed by atoms with Gasteiger partial charge in [0.25, 0.3) is 11.8 Å². The quantitative estimate of drug-likeness (QED) is 0.557. The molecular formula is C25H31FN6O4. The molecule has 1 aliphatic carbocycles. The molecule has 1 saturated heterocycles. The fourth-order valence-corrected chi connectivity index (χ4v) is 4.93. The summed E-state index contributed by atoms with van der Waals surface area (Å²) in [5.74, 6) is -1.41. The van der Waals surface area contributed by atoms with Crippen molar-refractivity contribution in [2.75, 3.05) is 39.4 Å². The number of halogens is 1. The summed E-state index contributed by atoms with van der Waals surface area (Å²) >= 11 is 0. The molecule has 2 aliphatic heterocycles. The van der Waals surface area contributed by atoms with Crippen LogP contribution in [0.1, 0.15) is 46.3 Å². The summed E-state index contributed by atoms with van der Waals surface area (Å²) in [7, 11) is 0. The Morgan fingerprint density at radius 2 is 1.89 bits per heavy atom. The van der Waals surface area contributed by atoms with Crippen LogP contribution in [-0.2, 0) is 22.6 Å². The van der Waals surface area contributed by atoms with E-state index in [-0.39, 0.29) is 48.2 Å². The van der Waals surface area contributed by atoms with Gasteiger partial charge >= 0.3 is 0 Å². The van der Waals surface area contributed by atoms with Crippen LogP contribution in [0.5, 0.6) is 0 Å². The molecule has 3 heterocycles. The van der Waals surface area contributed by atoms with Gasteiger partial charge in [0.05, 0.1) is 26.1 Å². The summed E-state index contributed by atoms with van der Waals surface area (Å²) in [6.07, 6.45) is 3.07. The van der Waals surface area contributed by atoms with Gasteiger partial charge in [0, 0.05) is 38.8 Å². The van der Waals surface area contributed by atoms with Crippen molar-refractivity contribution in [3.05, 3.63) is 53.4 Å². The van der Waals surface area contributed by atoms with Crippen LogP contribution in [0.15, 0.2) is 30.6 Å². The molecule has 1 aromatic carbocycles. The Bertz CT molecular complexity index is 1140. The largest absolute Gasteiger partial charge is 0.379 e. The Morgan fingerprint density at radius 1 is 1.17 bits per heavy atom. The lowest BCUT2D eigenvalue weighted by molar-refractivity contribution is -0.133. The molecule has 1 saturated carbocycles. The Balaban J connectivity index is 1.29. The predicted octanol–water partition coefficient (Wildman–Crippen LogP) is 0.778. The Hall–Kier alpha value is -3.31. The van der Waals surface area contributed by atoms with Crippen molar-refractivity contribution in [3.63, 3.8) is 0 Å². The number of morpholine rings is 1. The van der Waals surface area contributed by atoms with Crippen LogP contribution in [0.2, 0.25) is 0 Å². The molecule has 5 rings (SSSR count). The van der Waals surface area contributed by atoms with E-state index in [0.717, 1.165) is 31.5 Å². The van der Waals surface area contributed by atoms with E-state index in [9.17, 15) is 18.8 Å². The van der Waals surface area contributed by atoms with Gasteiger partial charge in [-0.3, -0.25) is 19.3 Å². The Kier molecular flexibility index (Phi) is 6.76. The van der Waals surface area contributed by atoms with Gasteiger partial charge < -0.3 is 24.8 Å². The normalized spacial score (nSPS) is 22.3. The number of imidazole rings is 1. The van der Waals surface area contributed by atoms with Gasteiger partial charge in [0.15, 0.2) is 5.69 Å². The van der Waals surface area contributed by atoms with Gasteiger partial charge in [-0.1, -0.05) is 12.1 Å². The maximum absolute atomic E-state index is 13.7. The second kappa shape index (κ2) is 9.98. The van der Waals surface area contributed by atoms with Crippen LogP contribution in [0.3, 0.4) is 0 Å². The molecule has 0 bridgehead atoms. The van der Waals surface area contributed by atoms with E-state index in [1.807, 2.05) is 0 Å². The first-order chi connectivity index (χ1) is 17.4. The molecule has 2 fully saturated rings. The van der Waals surface area contributed by atoms with Crippen LogP contribution >= 0.6 is 0 Å². The van der Waals surface area contributed by atoms with Gasteiger partial charge in [-0.05, 0) is 37.5 Å². The highest BCUT2D eigenvalue weighted by molar-refractivity contribution is 6.07. The number of nitrogens with zero attached hydrogens (tertiary/aromatic N) is 4. The van der Waals surface area contributed by atoms with Gasteiger partial charge in [-0.2, -0.15) is 0 Å². The number of carbonyl (C=O) groups excluding carboxylic acids is 3. The highest BCUT2D eigenvalue weighted by Gasteiger charge is 2.53. The summed E-state index contributed by atoms with van der Waals surface area (Å²) in [6.45, 7) is 6.30. The van der Waals surface area contributed by atoms with Crippen molar-refractivity contribution in [2.45, 2.75) is 44.4 Å². The number of rotatable bonds is 8. The summed E-state index contributed by atoms with van der Waals surface area (Å²) in [4.78, 5) is 48.1. The average molecular weight is 499 g/mol. The predicted molar refractivity (Wildman–Crippen MR) is 128 cm³/mol. The van der Waals surface area contributed by atoms with Crippen molar-refractivity contribution < 1.29 is 23.5 Å². The maximum Gasteiger partial charge on any atom is 0.274 e. The third-order valence-corrected chi connectivity index (χ3v) is 7.07. The molecule has 10 nitrogen and oxygen atoms in total. The molecule has 1 atom stereocenters. The summed E-state index contributed by atoms with van der Waals surface area (Å²) < 4.78 is 20.2. The SMILES string of the molecule is C[C@]1(C(=O)NCc2ccc(F)cc2)Cn2cnc(C(=O)NCCN3CCOCC3)c2C(=O)N1C1CC1. The topological polar surface area (TPSA) is 109 Å². The maximum atomic E-state index is 13.7. The van der Waals surface area contributed by atoms with E-state index < -0.39 is 11.4 Å². The number of aromatic nitrogens is 2. The minimum Gasteiger partial charge on any atom is -0.379 e. The number of ether oxygens (including phenoxy) is 1. The standard InChI is InChI=1S/C25H31FN6O4/c1-25(24(35)28-14-17-2-4-18(26)5-3-17)15-31-16-29-20(21(31)23(34)32(25)19-6-7-19)22(33)27-8-9-30-10-12-36-13-11-30/h2-5,16,19H,6-15H2,1H3,(H,27,33)(H,28,35)/t25-/m1/s1. The van der Waals surface area contributed by atoms with Crippen LogP contribution < -0.4 is 10.6 Å². The van der Waals surface area contributed by atoms with Crippen LogP contribution in [-0.4, -0.2) is 88.0 Å². The molecule has 192 valence electrons. The third-order valence-electron chi connectivity index (χ3n) is 7.07. The first-order valence-corrected chi connectivity index (χ1v) is 12.4. The number of fused-ring (bicyclic) bond motifs is 1. The number of benzene rings is 1. The molecule has 2 aromatic rings. The molecule has 0 unspecified atom stereocenters. The van der Waals surface area contributed by atoms with E-state index in [0.29, 0.717) is 26.3 Å². The van der Waals surface area contributed by atoms with Crippen molar-refractivity contribution in [1.29, 1.82) is 0 Å². The molecule has 3 aliphatic rings. The first-order valence-electron chi connectivity index (χ1n) is 12.4. The highest BCUT2D eigenvalue weighted by Crippen LogP contribution is 2.38. The van der Waals surface area contributed by atoms with E-state index in [1.165, 1.54) is 18.5 Å². The Labute approximate surface area is 208 Å². The number of amides is 3. The summed E-state index contributed by atoms with van der Waals surface area (Å²) in [5, 5.41) is 5.77. The molecule has 0 radical (unpaired) electrons. The first kappa shape index (κ1) is 24.4. The zero-order valence-corrected chi connectivity index (χ0v) is 20.3. The van der Waals surface area contributed by atoms with Crippen LogP contribution in [0.25, 0.3) is 0 Å². The highest BCUT2D eigenvalue weighted by atomic mass is 19.1. The Morgan fingerprint density at radius 3 is 2.58 bits per heavy atom. The van der Waals surface area contributed by atoms with E-state index in [2.05, 4.69) is 20.5 Å². The molecule has 36 heavy (non-hydrogen) atoms. The van der Waals surface area contributed by atoms with Crippen LogP contribution in [0.4, 0.5) is 4.39 Å². The van der Waals surface area contributed by atoms with Crippen molar-refractivity contribution in [2.24, 2.45) is 0 Å². The summed E-state index contributed by atoms with van der Waals surface area (Å²) in [5.41, 5.74) is -0.0837. The molecule has 11 heteroatoms. The van der Waals surface area contributed by atoms with Gasteiger partial charge in [0.2, 0.25) is 5.91 Å². The minimum atomic E-state index is -1.14. The average Bonchev–Trinajstić information content (AvgIpc) is 3.61. The van der Waals surface area contributed by atoms with E-state index in [4.69, 9.17) is 4.74 Å². The number of carbonyl (C=O) groups is 3. The molecule has 1 aromatic heterocycles. The zero-order valence-electron chi connectivity index (χ0n) is 20.3. The fraction of sp³-hybridized carbons (Fsp3) is 0.520. The molecule has 3 amide bonds. The lowest BCUT2D eigenvalue weighted by Crippen LogP contribution is -2.64.